The highest BCUT2D eigenvalue weighted by molar-refractivity contribution is 6.17. The lowest BCUT2D eigenvalue weighted by Gasteiger charge is -2.09. The summed E-state index contributed by atoms with van der Waals surface area (Å²) in [4.78, 5) is 0. The van der Waals surface area contributed by atoms with Crippen molar-refractivity contribution in [3.8, 4) is 5.69 Å². The monoisotopic (exact) mass is 234 g/mol. The number of alkyl halides is 1. The Balaban J connectivity index is 2.56. The Hall–Kier alpha value is -1.28. The molecule has 2 nitrogen and oxygen atoms in total. The summed E-state index contributed by atoms with van der Waals surface area (Å²) < 4.78 is 1.99. The molecule has 1 aromatic heterocycles. The van der Waals surface area contributed by atoms with Crippen LogP contribution >= 0.6 is 11.6 Å². The van der Waals surface area contributed by atoms with Gasteiger partial charge in [0.1, 0.15) is 0 Å². The number of aromatic nitrogens is 2. The van der Waals surface area contributed by atoms with E-state index in [0.29, 0.717) is 5.88 Å². The van der Waals surface area contributed by atoms with Crippen LogP contribution in [0.3, 0.4) is 0 Å². The van der Waals surface area contributed by atoms with Gasteiger partial charge in [0.05, 0.1) is 17.8 Å². The third-order valence-corrected chi connectivity index (χ3v) is 3.07. The molecule has 0 aliphatic rings. The molecule has 0 fully saturated rings. The quantitative estimate of drug-likeness (QED) is 0.744. The maximum Gasteiger partial charge on any atom is 0.0678 e. The Morgan fingerprint density at radius 1 is 1.31 bits per heavy atom. The lowest BCUT2D eigenvalue weighted by molar-refractivity contribution is 0.806. The van der Waals surface area contributed by atoms with Crippen LogP contribution in [-0.2, 0) is 12.3 Å². The van der Waals surface area contributed by atoms with Crippen molar-refractivity contribution in [2.45, 2.75) is 26.1 Å². The van der Waals surface area contributed by atoms with Crippen LogP contribution in [0.5, 0.6) is 0 Å². The summed E-state index contributed by atoms with van der Waals surface area (Å²) in [6.07, 6.45) is 2.80. The fourth-order valence-corrected chi connectivity index (χ4v) is 2.13. The zero-order valence-corrected chi connectivity index (χ0v) is 10.3. The first kappa shape index (κ1) is 11.2. The van der Waals surface area contributed by atoms with Crippen LogP contribution in [0.2, 0.25) is 0 Å². The average Bonchev–Trinajstić information content (AvgIpc) is 2.72. The number of rotatable bonds is 3. The van der Waals surface area contributed by atoms with Crippen molar-refractivity contribution in [2.24, 2.45) is 0 Å². The lowest BCUT2D eigenvalue weighted by atomic mass is 10.2. The summed E-state index contributed by atoms with van der Waals surface area (Å²) in [5, 5.41) is 4.42. The molecule has 1 aromatic carbocycles. The highest BCUT2D eigenvalue weighted by Crippen LogP contribution is 2.19. The number of hydrogen-bond donors (Lipinski definition) is 0. The van der Waals surface area contributed by atoms with Gasteiger partial charge in [-0.15, -0.1) is 11.6 Å². The van der Waals surface area contributed by atoms with E-state index in [1.54, 1.807) is 0 Å². The highest BCUT2D eigenvalue weighted by atomic mass is 35.5. The summed E-state index contributed by atoms with van der Waals surface area (Å²) in [5.41, 5.74) is 4.67. The summed E-state index contributed by atoms with van der Waals surface area (Å²) in [6, 6.07) is 8.25. The Bertz CT molecular complexity index is 488. The van der Waals surface area contributed by atoms with E-state index in [0.717, 1.165) is 17.7 Å². The molecule has 0 radical (unpaired) electrons. The van der Waals surface area contributed by atoms with E-state index in [1.165, 1.54) is 11.3 Å². The molecule has 0 saturated heterocycles. The number of nitrogens with zero attached hydrogens (tertiary/aromatic N) is 2. The maximum absolute atomic E-state index is 5.90. The fraction of sp³-hybridized carbons (Fsp3) is 0.308. The molecule has 0 aliphatic heterocycles. The molecular weight excluding hydrogens is 220 g/mol. The van der Waals surface area contributed by atoms with Gasteiger partial charge in [-0.3, -0.25) is 0 Å². The average molecular weight is 235 g/mol. The van der Waals surface area contributed by atoms with Crippen LogP contribution in [0.15, 0.2) is 30.5 Å². The van der Waals surface area contributed by atoms with E-state index >= 15 is 0 Å². The molecule has 0 amide bonds. The Kier molecular flexibility index (Phi) is 3.30. The van der Waals surface area contributed by atoms with Gasteiger partial charge < -0.3 is 0 Å². The molecular formula is C13H15ClN2. The number of benzene rings is 1. The van der Waals surface area contributed by atoms with E-state index in [-0.39, 0.29) is 0 Å². The minimum Gasteiger partial charge on any atom is -0.237 e. The van der Waals surface area contributed by atoms with Crippen molar-refractivity contribution in [1.29, 1.82) is 0 Å². The molecule has 0 unspecified atom stereocenters. The Morgan fingerprint density at radius 2 is 2.06 bits per heavy atom. The van der Waals surface area contributed by atoms with Gasteiger partial charge in [0.2, 0.25) is 0 Å². The topological polar surface area (TPSA) is 17.8 Å². The van der Waals surface area contributed by atoms with Gasteiger partial charge in [-0.05, 0) is 25.0 Å². The second-order valence-corrected chi connectivity index (χ2v) is 4.07. The van der Waals surface area contributed by atoms with E-state index in [4.69, 9.17) is 11.6 Å². The smallest absolute Gasteiger partial charge is 0.0678 e. The van der Waals surface area contributed by atoms with Crippen molar-refractivity contribution in [2.75, 3.05) is 0 Å². The van der Waals surface area contributed by atoms with Crippen LogP contribution in [0, 0.1) is 6.92 Å². The number of hydrogen-bond acceptors (Lipinski definition) is 1. The molecule has 3 heteroatoms. The van der Waals surface area contributed by atoms with Gasteiger partial charge in [-0.1, -0.05) is 25.1 Å². The van der Waals surface area contributed by atoms with E-state index in [1.807, 2.05) is 23.0 Å². The minimum absolute atomic E-state index is 0.523. The van der Waals surface area contributed by atoms with Crippen molar-refractivity contribution in [3.05, 3.63) is 47.3 Å². The summed E-state index contributed by atoms with van der Waals surface area (Å²) in [6.45, 7) is 4.22. The molecule has 2 aromatic rings. The van der Waals surface area contributed by atoms with Gasteiger partial charge in [-0.2, -0.15) is 5.10 Å². The molecule has 0 aliphatic carbocycles. The SMILES string of the molecule is CCc1c(CCl)cnn1-c1ccccc1C. The minimum atomic E-state index is 0.523. The van der Waals surface area contributed by atoms with Crippen molar-refractivity contribution in [3.63, 3.8) is 0 Å². The summed E-state index contributed by atoms with van der Waals surface area (Å²) in [5.74, 6) is 0.523. The van der Waals surface area contributed by atoms with Crippen molar-refractivity contribution < 1.29 is 0 Å². The second-order valence-electron chi connectivity index (χ2n) is 3.80. The first-order valence-corrected chi connectivity index (χ1v) is 5.99. The first-order chi connectivity index (χ1) is 7.77. The highest BCUT2D eigenvalue weighted by Gasteiger charge is 2.10. The van der Waals surface area contributed by atoms with Crippen LogP contribution in [0.4, 0.5) is 0 Å². The third kappa shape index (κ3) is 1.85. The van der Waals surface area contributed by atoms with E-state index in [2.05, 4.69) is 31.1 Å². The fourth-order valence-electron chi connectivity index (χ4n) is 1.90. The van der Waals surface area contributed by atoms with Crippen molar-refractivity contribution in [1.82, 2.24) is 9.78 Å². The molecule has 2 rings (SSSR count). The number of aryl methyl sites for hydroxylation is 1. The lowest BCUT2D eigenvalue weighted by Crippen LogP contribution is -2.04. The van der Waals surface area contributed by atoms with Crippen LogP contribution in [0.25, 0.3) is 5.69 Å². The molecule has 0 saturated carbocycles. The largest absolute Gasteiger partial charge is 0.237 e. The van der Waals surface area contributed by atoms with Gasteiger partial charge in [0.15, 0.2) is 0 Å². The molecule has 0 bridgehead atoms. The van der Waals surface area contributed by atoms with Gasteiger partial charge >= 0.3 is 0 Å². The van der Waals surface area contributed by atoms with E-state index < -0.39 is 0 Å². The summed E-state index contributed by atoms with van der Waals surface area (Å²) in [7, 11) is 0. The molecule has 1 heterocycles. The zero-order chi connectivity index (χ0) is 11.5. The Morgan fingerprint density at radius 3 is 2.69 bits per heavy atom. The normalized spacial score (nSPS) is 10.7. The molecule has 84 valence electrons. The van der Waals surface area contributed by atoms with Gasteiger partial charge in [0.25, 0.3) is 0 Å². The molecule has 0 N–H and O–H groups in total. The summed E-state index contributed by atoms with van der Waals surface area (Å²) >= 11 is 5.90. The van der Waals surface area contributed by atoms with E-state index in [9.17, 15) is 0 Å². The second kappa shape index (κ2) is 4.71. The van der Waals surface area contributed by atoms with Gasteiger partial charge in [0, 0.05) is 11.3 Å². The third-order valence-electron chi connectivity index (χ3n) is 2.78. The Labute approximate surface area is 101 Å². The maximum atomic E-state index is 5.90. The van der Waals surface area contributed by atoms with Crippen LogP contribution in [-0.4, -0.2) is 9.78 Å². The van der Waals surface area contributed by atoms with Gasteiger partial charge in [-0.25, -0.2) is 4.68 Å². The molecule has 0 spiro atoms. The first-order valence-electron chi connectivity index (χ1n) is 5.45. The number of halogens is 1. The van der Waals surface area contributed by atoms with Crippen LogP contribution in [0.1, 0.15) is 23.7 Å². The number of para-hydroxylation sites is 1. The van der Waals surface area contributed by atoms with Crippen molar-refractivity contribution >= 4 is 11.6 Å². The predicted molar refractivity (Wildman–Crippen MR) is 67.2 cm³/mol. The standard InChI is InChI=1S/C13H15ClN2/c1-3-12-11(8-14)9-15-16(12)13-7-5-4-6-10(13)2/h4-7,9H,3,8H2,1-2H3. The zero-order valence-electron chi connectivity index (χ0n) is 9.57. The van der Waals surface area contributed by atoms with Crippen LogP contribution < -0.4 is 0 Å². The predicted octanol–water partition coefficient (Wildman–Crippen LogP) is 3.48. The molecule has 16 heavy (non-hydrogen) atoms. The molecule has 0 atom stereocenters.